The third-order valence-electron chi connectivity index (χ3n) is 3.05. The maximum Gasteiger partial charge on any atom is 0.488 e. The van der Waals surface area contributed by atoms with Gasteiger partial charge in [0.2, 0.25) is 0 Å². The normalized spacial score (nSPS) is 21.5. The molecule has 1 atom stereocenters. The van der Waals surface area contributed by atoms with Gasteiger partial charge in [-0.1, -0.05) is 31.2 Å². The second-order valence-corrected chi connectivity index (χ2v) is 6.04. The van der Waals surface area contributed by atoms with Crippen LogP contribution in [0, 0.1) is 0 Å². The van der Waals surface area contributed by atoms with Crippen LogP contribution >= 0.6 is 11.8 Å². The van der Waals surface area contributed by atoms with Gasteiger partial charge in [0.1, 0.15) is 0 Å². The van der Waals surface area contributed by atoms with Gasteiger partial charge < -0.3 is 10.0 Å². The molecule has 17 heavy (non-hydrogen) atoms. The van der Waals surface area contributed by atoms with E-state index in [0.29, 0.717) is 10.7 Å². The van der Waals surface area contributed by atoms with E-state index in [2.05, 4.69) is 11.8 Å². The average Bonchev–Trinajstić information content (AvgIpc) is 2.29. The van der Waals surface area contributed by atoms with E-state index in [1.165, 1.54) is 0 Å². The molecular formula is C12H18BNO2S. The summed E-state index contributed by atoms with van der Waals surface area (Å²) in [6.45, 7) is 5.19. The molecule has 1 aliphatic heterocycles. The summed E-state index contributed by atoms with van der Waals surface area (Å²) in [4.78, 5) is 2.38. The number of hydrogen-bond acceptors (Lipinski definition) is 4. The Kier molecular flexibility index (Phi) is 4.51. The lowest BCUT2D eigenvalue weighted by molar-refractivity contribution is 0.278. The second kappa shape index (κ2) is 5.91. The van der Waals surface area contributed by atoms with Gasteiger partial charge in [-0.2, -0.15) is 11.8 Å². The molecule has 1 aromatic rings. The molecule has 92 valence electrons. The van der Waals surface area contributed by atoms with Gasteiger partial charge in [0, 0.05) is 30.6 Å². The predicted octanol–water partition coefficient (Wildman–Crippen LogP) is 0.304. The summed E-state index contributed by atoms with van der Waals surface area (Å²) in [7, 11) is -1.37. The molecule has 5 heteroatoms. The Morgan fingerprint density at radius 2 is 2.18 bits per heavy atom. The highest BCUT2D eigenvalue weighted by Gasteiger charge is 2.20. The van der Waals surface area contributed by atoms with Crippen LogP contribution in [-0.4, -0.2) is 46.2 Å². The zero-order chi connectivity index (χ0) is 12.3. The van der Waals surface area contributed by atoms with E-state index in [-0.39, 0.29) is 0 Å². The lowest BCUT2D eigenvalue weighted by Crippen LogP contribution is -2.40. The molecule has 0 radical (unpaired) electrons. The fraction of sp³-hybridized carbons (Fsp3) is 0.500. The Labute approximate surface area is 107 Å². The van der Waals surface area contributed by atoms with Crippen LogP contribution < -0.4 is 5.46 Å². The molecule has 2 rings (SSSR count). The zero-order valence-electron chi connectivity index (χ0n) is 10.0. The summed E-state index contributed by atoms with van der Waals surface area (Å²) < 4.78 is 0. The highest BCUT2D eigenvalue weighted by Crippen LogP contribution is 2.19. The van der Waals surface area contributed by atoms with Crippen molar-refractivity contribution in [2.75, 3.05) is 18.8 Å². The number of hydrogen-bond donors (Lipinski definition) is 2. The van der Waals surface area contributed by atoms with Crippen molar-refractivity contribution in [2.45, 2.75) is 18.7 Å². The van der Waals surface area contributed by atoms with Crippen LogP contribution in [-0.2, 0) is 6.54 Å². The molecule has 1 saturated heterocycles. The van der Waals surface area contributed by atoms with Crippen LogP contribution in [0.25, 0.3) is 0 Å². The minimum absolute atomic E-state index is 0.623. The molecule has 1 aliphatic rings. The van der Waals surface area contributed by atoms with Crippen molar-refractivity contribution in [1.29, 1.82) is 0 Å². The zero-order valence-corrected chi connectivity index (χ0v) is 10.9. The van der Waals surface area contributed by atoms with Crippen molar-refractivity contribution in [1.82, 2.24) is 4.90 Å². The Morgan fingerprint density at radius 3 is 2.88 bits per heavy atom. The summed E-state index contributed by atoms with van der Waals surface area (Å²) in [5.41, 5.74) is 1.64. The molecule has 0 aliphatic carbocycles. The molecule has 0 spiro atoms. The third kappa shape index (κ3) is 3.49. The predicted molar refractivity (Wildman–Crippen MR) is 73.5 cm³/mol. The van der Waals surface area contributed by atoms with E-state index in [4.69, 9.17) is 0 Å². The van der Waals surface area contributed by atoms with E-state index in [1.807, 2.05) is 30.0 Å². The van der Waals surface area contributed by atoms with Crippen molar-refractivity contribution in [3.8, 4) is 0 Å². The summed E-state index contributed by atoms with van der Waals surface area (Å²) in [5, 5.41) is 19.3. The topological polar surface area (TPSA) is 43.7 Å². The molecule has 0 amide bonds. The van der Waals surface area contributed by atoms with Gasteiger partial charge >= 0.3 is 7.12 Å². The van der Waals surface area contributed by atoms with Gasteiger partial charge in [-0.3, -0.25) is 4.90 Å². The van der Waals surface area contributed by atoms with E-state index < -0.39 is 7.12 Å². The lowest BCUT2D eigenvalue weighted by atomic mass is 9.77. The third-order valence-corrected chi connectivity index (χ3v) is 4.19. The van der Waals surface area contributed by atoms with Crippen LogP contribution in [0.2, 0.25) is 0 Å². The van der Waals surface area contributed by atoms with Crippen LogP contribution in [0.5, 0.6) is 0 Å². The van der Waals surface area contributed by atoms with Crippen molar-refractivity contribution in [2.24, 2.45) is 0 Å². The lowest BCUT2D eigenvalue weighted by Gasteiger charge is -2.31. The largest absolute Gasteiger partial charge is 0.488 e. The quantitative estimate of drug-likeness (QED) is 0.758. The first kappa shape index (κ1) is 13.0. The van der Waals surface area contributed by atoms with Gasteiger partial charge in [-0.15, -0.1) is 0 Å². The first-order valence-corrected chi connectivity index (χ1v) is 6.99. The number of rotatable bonds is 3. The molecule has 1 unspecified atom stereocenters. The first-order chi connectivity index (χ1) is 8.16. The van der Waals surface area contributed by atoms with Gasteiger partial charge in [0.05, 0.1) is 0 Å². The smallest absolute Gasteiger partial charge is 0.423 e. The molecule has 0 bridgehead atoms. The van der Waals surface area contributed by atoms with Crippen molar-refractivity contribution in [3.05, 3.63) is 29.8 Å². The first-order valence-electron chi connectivity index (χ1n) is 5.94. The van der Waals surface area contributed by atoms with Crippen LogP contribution in [0.15, 0.2) is 24.3 Å². The van der Waals surface area contributed by atoms with Crippen molar-refractivity contribution in [3.63, 3.8) is 0 Å². The molecule has 1 aromatic carbocycles. The summed E-state index contributed by atoms with van der Waals surface area (Å²) in [6, 6.07) is 7.54. The monoisotopic (exact) mass is 251 g/mol. The second-order valence-electron chi connectivity index (χ2n) is 4.49. The minimum Gasteiger partial charge on any atom is -0.423 e. The van der Waals surface area contributed by atoms with Crippen molar-refractivity contribution >= 4 is 24.3 Å². The van der Waals surface area contributed by atoms with E-state index in [9.17, 15) is 10.0 Å². The van der Waals surface area contributed by atoms with Crippen LogP contribution in [0.1, 0.15) is 12.5 Å². The number of benzene rings is 1. The summed E-state index contributed by atoms with van der Waals surface area (Å²) in [6.07, 6.45) is 0. The fourth-order valence-electron chi connectivity index (χ4n) is 2.21. The molecule has 1 fully saturated rings. The molecule has 0 aromatic heterocycles. The summed E-state index contributed by atoms with van der Waals surface area (Å²) >= 11 is 2.00. The number of nitrogens with zero attached hydrogens (tertiary/aromatic N) is 1. The van der Waals surface area contributed by atoms with E-state index in [0.717, 1.165) is 31.0 Å². The van der Waals surface area contributed by atoms with Crippen LogP contribution in [0.3, 0.4) is 0 Å². The van der Waals surface area contributed by atoms with Gasteiger partial charge in [0.25, 0.3) is 0 Å². The summed E-state index contributed by atoms with van der Waals surface area (Å²) in [5.74, 6) is 1.16. The van der Waals surface area contributed by atoms with E-state index in [1.54, 1.807) is 6.07 Å². The molecular weight excluding hydrogens is 233 g/mol. The molecule has 1 heterocycles. The molecule has 2 N–H and O–H groups in total. The standard InChI is InChI=1S/C12H18BNO2S/c1-10-8-14(6-7-17-10)9-11-4-2-3-5-12(11)13(15)16/h2-5,10,15-16H,6-9H2,1H3. The van der Waals surface area contributed by atoms with E-state index >= 15 is 0 Å². The Morgan fingerprint density at radius 1 is 1.41 bits per heavy atom. The maximum absolute atomic E-state index is 9.32. The van der Waals surface area contributed by atoms with Crippen LogP contribution in [0.4, 0.5) is 0 Å². The highest BCUT2D eigenvalue weighted by molar-refractivity contribution is 7.99. The van der Waals surface area contributed by atoms with Gasteiger partial charge in [-0.25, -0.2) is 0 Å². The molecule has 0 saturated carbocycles. The Hall–Kier alpha value is -0.485. The highest BCUT2D eigenvalue weighted by atomic mass is 32.2. The Bertz CT molecular complexity index is 375. The van der Waals surface area contributed by atoms with Gasteiger partial charge in [0.15, 0.2) is 0 Å². The van der Waals surface area contributed by atoms with Gasteiger partial charge in [-0.05, 0) is 11.0 Å². The maximum atomic E-state index is 9.32. The minimum atomic E-state index is -1.37. The van der Waals surface area contributed by atoms with Crippen molar-refractivity contribution < 1.29 is 10.0 Å². The SMILES string of the molecule is CC1CN(Cc2ccccc2B(O)O)CCS1. The Balaban J connectivity index is 2.07. The number of thioether (sulfide) groups is 1. The fourth-order valence-corrected chi connectivity index (χ4v) is 3.29. The average molecular weight is 251 g/mol. The molecule has 3 nitrogen and oxygen atoms in total.